The maximum atomic E-state index is 11.6. The molecule has 2 unspecified atom stereocenters. The Labute approximate surface area is 97.1 Å². The van der Waals surface area contributed by atoms with Gasteiger partial charge >= 0.3 is 5.69 Å². The van der Waals surface area contributed by atoms with E-state index in [2.05, 4.69) is 4.98 Å². The van der Waals surface area contributed by atoms with Gasteiger partial charge in [0, 0.05) is 6.20 Å². The third kappa shape index (κ3) is 2.00. The number of hydrogen-bond acceptors (Lipinski definition) is 6. The molecule has 0 aliphatic carbocycles. The lowest BCUT2D eigenvalue weighted by Gasteiger charge is -2.19. The molecule has 1 aliphatic heterocycles. The average Bonchev–Trinajstić information content (AvgIpc) is 2.74. The Kier molecular flexibility index (Phi) is 2.83. The van der Waals surface area contributed by atoms with Gasteiger partial charge in [0.2, 0.25) is 0 Å². The highest BCUT2D eigenvalue weighted by Gasteiger charge is 2.41. The second-order valence-electron chi connectivity index (χ2n) is 3.92. The second-order valence-corrected chi connectivity index (χ2v) is 3.92. The third-order valence-electron chi connectivity index (χ3n) is 2.78. The lowest BCUT2D eigenvalue weighted by Crippen LogP contribution is -2.33. The van der Waals surface area contributed by atoms with Gasteiger partial charge in [0.25, 0.3) is 0 Å². The van der Waals surface area contributed by atoms with Gasteiger partial charge in [-0.05, 0) is 18.9 Å². The van der Waals surface area contributed by atoms with Crippen molar-refractivity contribution in [2.75, 3.05) is 12.3 Å². The first-order chi connectivity index (χ1) is 8.10. The normalized spacial score (nSPS) is 27.9. The number of nitrogens with zero attached hydrogens (tertiary/aromatic N) is 3. The van der Waals surface area contributed by atoms with Gasteiger partial charge in [-0.3, -0.25) is 4.57 Å². The Morgan fingerprint density at radius 3 is 3.12 bits per heavy atom. The largest absolute Gasteiger partial charge is 0.392 e. The molecule has 0 amide bonds. The summed E-state index contributed by atoms with van der Waals surface area (Å²) in [7, 11) is 0. The van der Waals surface area contributed by atoms with Crippen molar-refractivity contribution in [3.8, 4) is 6.07 Å². The molecule has 7 nitrogen and oxygen atoms in total. The molecular weight excluding hydrogens is 224 g/mol. The van der Waals surface area contributed by atoms with Crippen molar-refractivity contribution >= 4 is 5.82 Å². The van der Waals surface area contributed by atoms with Crippen molar-refractivity contribution in [2.45, 2.75) is 24.7 Å². The van der Waals surface area contributed by atoms with E-state index in [1.807, 2.05) is 6.07 Å². The molecule has 1 aromatic rings. The zero-order valence-corrected chi connectivity index (χ0v) is 9.04. The average molecular weight is 236 g/mol. The van der Waals surface area contributed by atoms with Crippen LogP contribution in [0.3, 0.4) is 0 Å². The maximum Gasteiger partial charge on any atom is 0.351 e. The number of aliphatic hydroxyl groups excluding tert-OH is 1. The van der Waals surface area contributed by atoms with Gasteiger partial charge in [0.05, 0.1) is 6.61 Å². The Bertz CT molecular complexity index is 521. The number of hydrogen-bond donors (Lipinski definition) is 2. The number of ether oxygens (including phenoxy) is 1. The van der Waals surface area contributed by atoms with Gasteiger partial charge in [-0.15, -0.1) is 0 Å². The Hall–Kier alpha value is -1.91. The van der Waals surface area contributed by atoms with Crippen LogP contribution in [0.2, 0.25) is 0 Å². The van der Waals surface area contributed by atoms with Crippen LogP contribution in [0.1, 0.15) is 19.1 Å². The number of nitrogens with two attached hydrogens (primary N) is 1. The molecule has 0 aromatic carbocycles. The lowest BCUT2D eigenvalue weighted by molar-refractivity contribution is -0.0660. The molecule has 3 N–H and O–H groups in total. The molecule has 0 radical (unpaired) electrons. The minimum absolute atomic E-state index is 0.137. The first kappa shape index (κ1) is 11.6. The molecule has 90 valence electrons. The summed E-state index contributed by atoms with van der Waals surface area (Å²) >= 11 is 0. The fourth-order valence-corrected chi connectivity index (χ4v) is 1.81. The number of anilines is 1. The van der Waals surface area contributed by atoms with E-state index < -0.39 is 24.1 Å². The van der Waals surface area contributed by atoms with E-state index in [4.69, 9.17) is 20.8 Å². The van der Waals surface area contributed by atoms with Crippen molar-refractivity contribution in [1.29, 1.82) is 5.26 Å². The van der Waals surface area contributed by atoms with Gasteiger partial charge in [0.15, 0.2) is 5.60 Å². The standard InChI is InChI=1S/C10H12N4O3/c11-5-10(6-15)3-1-8(17-10)14-4-2-7(12)13-9(14)16/h2,4,8,15H,1,3,6H2,(H2,12,13,16). The molecule has 1 fully saturated rings. The summed E-state index contributed by atoms with van der Waals surface area (Å²) in [6.07, 6.45) is 1.74. The molecule has 17 heavy (non-hydrogen) atoms. The summed E-state index contributed by atoms with van der Waals surface area (Å²) < 4.78 is 6.69. The van der Waals surface area contributed by atoms with Crippen molar-refractivity contribution in [2.24, 2.45) is 0 Å². The van der Waals surface area contributed by atoms with Crippen LogP contribution >= 0.6 is 0 Å². The molecule has 7 heteroatoms. The summed E-state index contributed by atoms with van der Waals surface area (Å²) in [6.45, 7) is -0.392. The van der Waals surface area contributed by atoms with E-state index in [9.17, 15) is 4.79 Å². The summed E-state index contributed by atoms with van der Waals surface area (Å²) in [4.78, 5) is 15.1. The molecule has 0 bridgehead atoms. The molecule has 2 heterocycles. The predicted molar refractivity (Wildman–Crippen MR) is 57.7 cm³/mol. The van der Waals surface area contributed by atoms with Gasteiger partial charge in [-0.1, -0.05) is 0 Å². The van der Waals surface area contributed by atoms with Crippen LogP contribution in [0.15, 0.2) is 17.1 Å². The summed E-state index contributed by atoms with van der Waals surface area (Å²) in [5.41, 5.74) is 3.63. The molecule has 0 spiro atoms. The fourth-order valence-electron chi connectivity index (χ4n) is 1.81. The van der Waals surface area contributed by atoms with Crippen LogP contribution < -0.4 is 11.4 Å². The molecule has 1 aliphatic rings. The third-order valence-corrected chi connectivity index (χ3v) is 2.78. The Balaban J connectivity index is 2.27. The fraction of sp³-hybridized carbons (Fsp3) is 0.500. The van der Waals surface area contributed by atoms with E-state index >= 15 is 0 Å². The molecule has 0 saturated carbocycles. The van der Waals surface area contributed by atoms with Crippen LogP contribution in [-0.2, 0) is 4.74 Å². The van der Waals surface area contributed by atoms with Crippen LogP contribution in [0.4, 0.5) is 5.82 Å². The molecule has 1 aromatic heterocycles. The minimum atomic E-state index is -1.22. The highest BCUT2D eigenvalue weighted by molar-refractivity contribution is 5.23. The van der Waals surface area contributed by atoms with Gasteiger partial charge in [-0.2, -0.15) is 10.2 Å². The zero-order chi connectivity index (χ0) is 12.5. The van der Waals surface area contributed by atoms with Crippen LogP contribution in [-0.4, -0.2) is 26.9 Å². The van der Waals surface area contributed by atoms with Gasteiger partial charge < -0.3 is 15.6 Å². The van der Waals surface area contributed by atoms with Crippen LogP contribution in [0, 0.1) is 11.3 Å². The number of aliphatic hydroxyl groups is 1. The Morgan fingerprint density at radius 2 is 2.59 bits per heavy atom. The first-order valence-corrected chi connectivity index (χ1v) is 5.15. The SMILES string of the molecule is N#CC1(CO)CCC(n2ccc(N)nc2=O)O1. The van der Waals surface area contributed by atoms with E-state index in [1.54, 1.807) is 0 Å². The number of nitriles is 1. The van der Waals surface area contributed by atoms with Crippen LogP contribution in [0.5, 0.6) is 0 Å². The van der Waals surface area contributed by atoms with Crippen LogP contribution in [0.25, 0.3) is 0 Å². The highest BCUT2D eigenvalue weighted by Crippen LogP contribution is 2.34. The maximum absolute atomic E-state index is 11.6. The lowest BCUT2D eigenvalue weighted by atomic mass is 10.0. The summed E-state index contributed by atoms with van der Waals surface area (Å²) in [6, 6.07) is 3.41. The van der Waals surface area contributed by atoms with E-state index in [-0.39, 0.29) is 5.82 Å². The molecule has 2 rings (SSSR count). The topological polar surface area (TPSA) is 114 Å². The number of aromatic nitrogens is 2. The van der Waals surface area contributed by atoms with Crippen molar-refractivity contribution < 1.29 is 9.84 Å². The molecule has 1 saturated heterocycles. The quantitative estimate of drug-likeness (QED) is 0.707. The first-order valence-electron chi connectivity index (χ1n) is 5.15. The van der Waals surface area contributed by atoms with Crippen molar-refractivity contribution in [1.82, 2.24) is 9.55 Å². The smallest absolute Gasteiger partial charge is 0.351 e. The van der Waals surface area contributed by atoms with Crippen molar-refractivity contribution in [3.05, 3.63) is 22.7 Å². The van der Waals surface area contributed by atoms with Crippen molar-refractivity contribution in [3.63, 3.8) is 0 Å². The van der Waals surface area contributed by atoms with E-state index in [0.29, 0.717) is 12.8 Å². The number of nitrogen functional groups attached to an aromatic ring is 1. The predicted octanol–water partition coefficient (Wildman–Crippen LogP) is -0.611. The monoisotopic (exact) mass is 236 g/mol. The number of rotatable bonds is 2. The van der Waals surface area contributed by atoms with Gasteiger partial charge in [0.1, 0.15) is 18.1 Å². The second kappa shape index (κ2) is 4.16. The highest BCUT2D eigenvalue weighted by atomic mass is 16.5. The minimum Gasteiger partial charge on any atom is -0.392 e. The molecule has 2 atom stereocenters. The van der Waals surface area contributed by atoms with E-state index in [1.165, 1.54) is 16.8 Å². The van der Waals surface area contributed by atoms with E-state index in [0.717, 1.165) is 0 Å². The zero-order valence-electron chi connectivity index (χ0n) is 9.04. The summed E-state index contributed by atoms with van der Waals surface area (Å²) in [5, 5.41) is 18.1. The summed E-state index contributed by atoms with van der Waals surface area (Å²) in [5.74, 6) is 0.137. The van der Waals surface area contributed by atoms with Gasteiger partial charge in [-0.25, -0.2) is 4.79 Å². The Morgan fingerprint density at radius 1 is 1.82 bits per heavy atom. The molecular formula is C10H12N4O3.